The summed E-state index contributed by atoms with van der Waals surface area (Å²) in [5, 5.41) is 6.13. The van der Waals surface area contributed by atoms with Crippen molar-refractivity contribution < 1.29 is 14.3 Å². The molecule has 0 bridgehead atoms. The number of benzene rings is 2. The van der Waals surface area contributed by atoms with E-state index in [9.17, 15) is 4.79 Å². The van der Waals surface area contributed by atoms with Gasteiger partial charge in [-0.05, 0) is 49.4 Å². The highest BCUT2D eigenvalue weighted by Gasteiger charge is 2.14. The van der Waals surface area contributed by atoms with Gasteiger partial charge in [-0.1, -0.05) is 6.07 Å². The van der Waals surface area contributed by atoms with Gasteiger partial charge in [0.2, 0.25) is 5.95 Å². The van der Waals surface area contributed by atoms with Gasteiger partial charge < -0.3 is 25.0 Å². The summed E-state index contributed by atoms with van der Waals surface area (Å²) in [5.74, 6) is 1.87. The van der Waals surface area contributed by atoms with E-state index in [1.165, 1.54) is 0 Å². The first-order valence-corrected chi connectivity index (χ1v) is 10.1. The second kappa shape index (κ2) is 9.44. The number of morpholine rings is 1. The Balaban J connectivity index is 1.42. The van der Waals surface area contributed by atoms with Gasteiger partial charge in [-0.3, -0.25) is 4.79 Å². The van der Waals surface area contributed by atoms with Gasteiger partial charge >= 0.3 is 0 Å². The maximum atomic E-state index is 12.5. The number of hydrogen-bond donors (Lipinski definition) is 2. The molecule has 1 amide bonds. The summed E-state index contributed by atoms with van der Waals surface area (Å²) >= 11 is 0. The van der Waals surface area contributed by atoms with Crippen LogP contribution in [0.2, 0.25) is 0 Å². The van der Waals surface area contributed by atoms with Gasteiger partial charge in [-0.25, -0.2) is 4.98 Å². The number of nitrogens with zero attached hydrogens (tertiary/aromatic N) is 3. The van der Waals surface area contributed by atoms with E-state index in [1.807, 2.05) is 37.3 Å². The molecule has 1 fully saturated rings. The first-order chi connectivity index (χ1) is 15.1. The molecular weight excluding hydrogens is 394 g/mol. The smallest absolute Gasteiger partial charge is 0.255 e. The third kappa shape index (κ3) is 5.29. The van der Waals surface area contributed by atoms with Crippen molar-refractivity contribution in [2.45, 2.75) is 6.92 Å². The first kappa shape index (κ1) is 20.6. The molecule has 4 rings (SSSR count). The third-order valence-corrected chi connectivity index (χ3v) is 4.91. The van der Waals surface area contributed by atoms with Crippen LogP contribution in [0.5, 0.6) is 5.75 Å². The maximum Gasteiger partial charge on any atom is 0.255 e. The summed E-state index contributed by atoms with van der Waals surface area (Å²) in [6.45, 7) is 4.99. The molecule has 0 radical (unpaired) electrons. The van der Waals surface area contributed by atoms with Crippen molar-refractivity contribution in [2.24, 2.45) is 0 Å². The monoisotopic (exact) mass is 419 g/mol. The number of rotatable bonds is 6. The van der Waals surface area contributed by atoms with Gasteiger partial charge in [0, 0.05) is 41.8 Å². The molecule has 8 heteroatoms. The fourth-order valence-electron chi connectivity index (χ4n) is 3.30. The minimum absolute atomic E-state index is 0.197. The molecule has 1 saturated heterocycles. The Morgan fingerprint density at radius 2 is 1.77 bits per heavy atom. The van der Waals surface area contributed by atoms with Crippen LogP contribution in [0.3, 0.4) is 0 Å². The second-order valence-electron chi connectivity index (χ2n) is 7.18. The Bertz CT molecular complexity index is 1050. The minimum atomic E-state index is -0.197. The van der Waals surface area contributed by atoms with E-state index in [2.05, 4.69) is 25.5 Å². The van der Waals surface area contributed by atoms with Crippen molar-refractivity contribution in [3.05, 3.63) is 65.9 Å². The summed E-state index contributed by atoms with van der Waals surface area (Å²) in [5.41, 5.74) is 2.95. The maximum absolute atomic E-state index is 12.5. The van der Waals surface area contributed by atoms with E-state index in [0.717, 1.165) is 30.3 Å². The zero-order chi connectivity index (χ0) is 21.6. The van der Waals surface area contributed by atoms with Crippen molar-refractivity contribution in [1.82, 2.24) is 9.97 Å². The van der Waals surface area contributed by atoms with E-state index < -0.39 is 0 Å². The lowest BCUT2D eigenvalue weighted by Crippen LogP contribution is -2.36. The number of aryl methyl sites for hydroxylation is 1. The van der Waals surface area contributed by atoms with Crippen molar-refractivity contribution in [1.29, 1.82) is 0 Å². The number of nitrogens with one attached hydrogen (secondary N) is 2. The van der Waals surface area contributed by atoms with Crippen LogP contribution in [0.4, 0.5) is 23.1 Å². The molecule has 2 N–H and O–H groups in total. The molecule has 0 aliphatic carbocycles. The summed E-state index contributed by atoms with van der Waals surface area (Å²) in [6.07, 6.45) is 0. The van der Waals surface area contributed by atoms with E-state index in [0.29, 0.717) is 36.2 Å². The van der Waals surface area contributed by atoms with Crippen molar-refractivity contribution in [2.75, 3.05) is 48.9 Å². The van der Waals surface area contributed by atoms with Gasteiger partial charge in [-0.15, -0.1) is 0 Å². The lowest BCUT2D eigenvalue weighted by molar-refractivity contribution is 0.102. The van der Waals surface area contributed by atoms with E-state index >= 15 is 0 Å². The molecule has 3 aromatic rings. The molecule has 8 nitrogen and oxygen atoms in total. The van der Waals surface area contributed by atoms with Crippen LogP contribution in [0.15, 0.2) is 54.6 Å². The third-order valence-electron chi connectivity index (χ3n) is 4.91. The minimum Gasteiger partial charge on any atom is -0.497 e. The van der Waals surface area contributed by atoms with E-state index in [1.54, 1.807) is 31.4 Å². The second-order valence-corrected chi connectivity index (χ2v) is 7.18. The predicted octanol–water partition coefficient (Wildman–Crippen LogP) is 3.63. The summed E-state index contributed by atoms with van der Waals surface area (Å²) < 4.78 is 10.6. The lowest BCUT2D eigenvalue weighted by Gasteiger charge is -2.28. The molecule has 0 unspecified atom stereocenters. The molecule has 160 valence electrons. The average Bonchev–Trinajstić information content (AvgIpc) is 2.80. The van der Waals surface area contributed by atoms with Crippen molar-refractivity contribution >= 4 is 29.0 Å². The van der Waals surface area contributed by atoms with Gasteiger partial charge in [0.25, 0.3) is 5.91 Å². The van der Waals surface area contributed by atoms with Gasteiger partial charge in [0.05, 0.1) is 20.3 Å². The molecule has 0 spiro atoms. The number of hydrogen-bond acceptors (Lipinski definition) is 7. The van der Waals surface area contributed by atoms with Crippen LogP contribution in [0.1, 0.15) is 16.1 Å². The van der Waals surface area contributed by atoms with Crippen molar-refractivity contribution in [3.8, 4) is 5.75 Å². The molecule has 31 heavy (non-hydrogen) atoms. The Morgan fingerprint density at radius 1 is 1.03 bits per heavy atom. The quantitative estimate of drug-likeness (QED) is 0.631. The normalized spacial score (nSPS) is 13.5. The van der Waals surface area contributed by atoms with Gasteiger partial charge in [-0.2, -0.15) is 4.98 Å². The molecule has 1 aromatic heterocycles. The fourth-order valence-corrected chi connectivity index (χ4v) is 3.30. The summed E-state index contributed by atoms with van der Waals surface area (Å²) in [4.78, 5) is 23.8. The van der Waals surface area contributed by atoms with E-state index in [-0.39, 0.29) is 5.91 Å². The Kier molecular flexibility index (Phi) is 6.28. The van der Waals surface area contributed by atoms with Gasteiger partial charge in [0.15, 0.2) is 0 Å². The molecule has 1 aliphatic rings. The predicted molar refractivity (Wildman–Crippen MR) is 120 cm³/mol. The zero-order valence-corrected chi connectivity index (χ0v) is 17.6. The highest BCUT2D eigenvalue weighted by atomic mass is 16.5. The highest BCUT2D eigenvalue weighted by molar-refractivity contribution is 6.04. The number of methoxy groups -OCH3 is 1. The molecular formula is C23H25N5O3. The first-order valence-electron chi connectivity index (χ1n) is 10.1. The van der Waals surface area contributed by atoms with E-state index in [4.69, 9.17) is 9.47 Å². The largest absolute Gasteiger partial charge is 0.497 e. The van der Waals surface area contributed by atoms with Crippen LogP contribution < -0.4 is 20.3 Å². The number of anilines is 4. The molecule has 2 aromatic carbocycles. The highest BCUT2D eigenvalue weighted by Crippen LogP contribution is 2.21. The van der Waals surface area contributed by atoms with Crippen molar-refractivity contribution in [3.63, 3.8) is 0 Å². The van der Waals surface area contributed by atoms with Crippen LogP contribution in [0, 0.1) is 6.92 Å². The molecule has 1 aliphatic heterocycles. The molecule has 0 saturated carbocycles. The van der Waals surface area contributed by atoms with Crippen LogP contribution >= 0.6 is 0 Å². The zero-order valence-electron chi connectivity index (χ0n) is 17.6. The van der Waals surface area contributed by atoms with Gasteiger partial charge in [0.1, 0.15) is 11.6 Å². The van der Waals surface area contributed by atoms with Crippen LogP contribution in [0.25, 0.3) is 0 Å². The number of ether oxygens (including phenoxy) is 2. The molecule has 0 atom stereocenters. The summed E-state index contributed by atoms with van der Waals surface area (Å²) in [7, 11) is 1.57. The summed E-state index contributed by atoms with van der Waals surface area (Å²) in [6, 6.07) is 16.4. The number of carbonyl (C=O) groups excluding carboxylic acids is 1. The lowest BCUT2D eigenvalue weighted by atomic mass is 10.2. The SMILES string of the molecule is COc1cccc(C(=O)Nc2ccc(Nc3nc(C)cc(N4CCOCC4)n3)cc2)c1. The fraction of sp³-hybridized carbons (Fsp3) is 0.261. The Hall–Kier alpha value is -3.65. The topological polar surface area (TPSA) is 88.6 Å². The average molecular weight is 419 g/mol. The van der Waals surface area contributed by atoms with Crippen LogP contribution in [-0.4, -0.2) is 49.3 Å². The Morgan fingerprint density at radius 3 is 2.52 bits per heavy atom. The Labute approximate surface area is 181 Å². The number of amides is 1. The van der Waals surface area contributed by atoms with Crippen LogP contribution in [-0.2, 0) is 4.74 Å². The number of carbonyl (C=O) groups is 1. The molecule has 2 heterocycles. The number of aromatic nitrogens is 2. The standard InChI is InChI=1S/C23H25N5O3/c1-16-14-21(28-10-12-31-13-11-28)27-23(24-16)26-19-8-6-18(7-9-19)25-22(29)17-4-3-5-20(15-17)30-2/h3-9,14-15H,10-13H2,1-2H3,(H,25,29)(H,24,26,27).